The van der Waals surface area contributed by atoms with Crippen molar-refractivity contribution in [3.63, 3.8) is 0 Å². The zero-order valence-corrected chi connectivity index (χ0v) is 18.2. The Morgan fingerprint density at radius 2 is 1.61 bits per heavy atom. The van der Waals surface area contributed by atoms with Gasteiger partial charge in [0.2, 0.25) is 5.91 Å². The molecule has 2 aliphatic heterocycles. The van der Waals surface area contributed by atoms with Gasteiger partial charge in [-0.1, -0.05) is 48.0 Å². The summed E-state index contributed by atoms with van der Waals surface area (Å²) in [4.78, 5) is 41.6. The summed E-state index contributed by atoms with van der Waals surface area (Å²) in [6, 6.07) is 18.1. The number of hydrogen-bond acceptors (Lipinski definition) is 4. The summed E-state index contributed by atoms with van der Waals surface area (Å²) >= 11 is 0. The molecule has 3 aromatic carbocycles. The molecule has 0 radical (unpaired) electrons. The summed E-state index contributed by atoms with van der Waals surface area (Å²) in [5.41, 5.74) is 5.90. The molecule has 2 aliphatic rings. The third-order valence-electron chi connectivity index (χ3n) is 6.25. The van der Waals surface area contributed by atoms with Crippen molar-refractivity contribution < 1.29 is 18.8 Å². The first-order valence-corrected chi connectivity index (χ1v) is 10.7. The lowest BCUT2D eigenvalue weighted by Crippen LogP contribution is -2.48. The molecule has 2 saturated heterocycles. The maximum Gasteiger partial charge on any atom is 0.268 e. The Morgan fingerprint density at radius 3 is 2.30 bits per heavy atom. The zero-order chi connectivity index (χ0) is 23.3. The maximum absolute atomic E-state index is 14.7. The molecule has 2 heterocycles. The predicted octanol–water partition coefficient (Wildman–Crippen LogP) is 3.70. The van der Waals surface area contributed by atoms with Crippen molar-refractivity contribution in [3.8, 4) is 0 Å². The third-order valence-corrected chi connectivity index (χ3v) is 6.25. The number of fused-ring (bicyclic) bond motifs is 1. The van der Waals surface area contributed by atoms with E-state index in [-0.39, 0.29) is 5.56 Å². The Balaban J connectivity index is 1.60. The van der Waals surface area contributed by atoms with Crippen LogP contribution in [-0.2, 0) is 9.59 Å². The first kappa shape index (κ1) is 21.0. The minimum absolute atomic E-state index is 0.235. The molecular weight excluding hydrogens is 421 g/mol. The molecule has 3 aromatic rings. The van der Waals surface area contributed by atoms with E-state index >= 15 is 0 Å². The number of anilines is 1. The summed E-state index contributed by atoms with van der Waals surface area (Å²) in [7, 11) is 0. The molecule has 0 unspecified atom stereocenters. The average Bonchev–Trinajstić information content (AvgIpc) is 3.31. The van der Waals surface area contributed by atoms with Crippen LogP contribution < -0.4 is 10.3 Å². The van der Waals surface area contributed by atoms with Crippen LogP contribution in [-0.4, -0.2) is 28.8 Å². The quantitative estimate of drug-likeness (QED) is 0.627. The first-order valence-electron chi connectivity index (χ1n) is 10.7. The molecule has 7 heteroatoms. The van der Waals surface area contributed by atoms with Gasteiger partial charge in [-0.3, -0.25) is 19.4 Å². The fourth-order valence-electron chi connectivity index (χ4n) is 4.62. The molecule has 2 fully saturated rings. The lowest BCUT2D eigenvalue weighted by atomic mass is 9.90. The van der Waals surface area contributed by atoms with Gasteiger partial charge in [0.25, 0.3) is 11.8 Å². The number of carbonyl (C=O) groups excluding carboxylic acids is 3. The Morgan fingerprint density at radius 1 is 0.879 bits per heavy atom. The molecule has 1 N–H and O–H groups in total. The highest BCUT2D eigenvalue weighted by Gasteiger charge is 2.60. The highest BCUT2D eigenvalue weighted by molar-refractivity contribution is 6.25. The van der Waals surface area contributed by atoms with E-state index in [4.69, 9.17) is 0 Å². The Hall–Kier alpha value is -3.84. The summed E-state index contributed by atoms with van der Waals surface area (Å²) in [6.07, 6.45) is 0. The van der Waals surface area contributed by atoms with Crippen molar-refractivity contribution in [3.05, 3.63) is 101 Å². The molecule has 0 spiro atoms. The van der Waals surface area contributed by atoms with Crippen LogP contribution >= 0.6 is 0 Å². The van der Waals surface area contributed by atoms with Crippen molar-refractivity contribution in [1.82, 2.24) is 10.4 Å². The van der Waals surface area contributed by atoms with Gasteiger partial charge in [-0.05, 0) is 49.7 Å². The molecule has 6 nitrogen and oxygen atoms in total. The lowest BCUT2D eigenvalue weighted by Gasteiger charge is -2.25. The molecule has 166 valence electrons. The molecule has 0 aromatic heterocycles. The third kappa shape index (κ3) is 3.41. The number of aryl methyl sites for hydroxylation is 2. The SMILES string of the molecule is Cc1ccc(C(=O)N2N[C@H](c3ccccc3F)[C@@H]3C(=O)N(c4cccc(C)c4)C(=O)[C@H]32)cc1. The Bertz CT molecular complexity index is 1270. The Labute approximate surface area is 190 Å². The number of nitrogens with zero attached hydrogens (tertiary/aromatic N) is 2. The van der Waals surface area contributed by atoms with Gasteiger partial charge < -0.3 is 0 Å². The summed E-state index contributed by atoms with van der Waals surface area (Å²) < 4.78 is 14.7. The second-order valence-corrected chi connectivity index (χ2v) is 8.49. The van der Waals surface area contributed by atoms with E-state index in [1.165, 1.54) is 11.1 Å². The van der Waals surface area contributed by atoms with Crippen LogP contribution in [0.1, 0.15) is 33.1 Å². The predicted molar refractivity (Wildman–Crippen MR) is 121 cm³/mol. The van der Waals surface area contributed by atoms with Gasteiger partial charge in [-0.2, -0.15) is 0 Å². The Kier molecular flexibility index (Phi) is 5.06. The number of imide groups is 1. The van der Waals surface area contributed by atoms with Gasteiger partial charge >= 0.3 is 0 Å². The minimum Gasteiger partial charge on any atom is -0.274 e. The number of rotatable bonds is 3. The zero-order valence-electron chi connectivity index (χ0n) is 18.2. The van der Waals surface area contributed by atoms with Crippen molar-refractivity contribution >= 4 is 23.4 Å². The molecule has 0 aliphatic carbocycles. The van der Waals surface area contributed by atoms with Crippen LogP contribution in [0.3, 0.4) is 0 Å². The molecule has 0 bridgehead atoms. The maximum atomic E-state index is 14.7. The average molecular weight is 443 g/mol. The van der Waals surface area contributed by atoms with Gasteiger partial charge in [-0.15, -0.1) is 0 Å². The van der Waals surface area contributed by atoms with E-state index in [0.717, 1.165) is 16.0 Å². The van der Waals surface area contributed by atoms with Crippen molar-refractivity contribution in [2.45, 2.75) is 25.9 Å². The molecule has 3 atom stereocenters. The van der Waals surface area contributed by atoms with E-state index in [1.54, 1.807) is 60.7 Å². The van der Waals surface area contributed by atoms with Gasteiger partial charge in [0.15, 0.2) is 0 Å². The summed E-state index contributed by atoms with van der Waals surface area (Å²) in [5.74, 6) is -2.88. The van der Waals surface area contributed by atoms with Crippen LogP contribution in [0, 0.1) is 25.6 Å². The molecular formula is C26H22FN3O3. The van der Waals surface area contributed by atoms with Crippen molar-refractivity contribution in [2.24, 2.45) is 5.92 Å². The fourth-order valence-corrected chi connectivity index (χ4v) is 4.62. The first-order chi connectivity index (χ1) is 15.9. The number of hydrogen-bond donors (Lipinski definition) is 1. The van der Waals surface area contributed by atoms with Gasteiger partial charge in [0, 0.05) is 11.1 Å². The van der Waals surface area contributed by atoms with Gasteiger partial charge in [0.1, 0.15) is 11.9 Å². The van der Waals surface area contributed by atoms with Gasteiger partial charge in [-0.25, -0.2) is 14.7 Å². The fraction of sp³-hybridized carbons (Fsp3) is 0.192. The van der Waals surface area contributed by atoms with Crippen LogP contribution in [0.2, 0.25) is 0 Å². The standard InChI is InChI=1S/C26H22FN3O3/c1-15-10-12-17(13-11-15)24(31)30-23-21(22(28-30)19-8-3-4-9-20(19)27)25(32)29(26(23)33)18-7-5-6-16(2)14-18/h3-14,21-23,28H,1-2H3/t21-,22+,23-/m0/s1. The summed E-state index contributed by atoms with van der Waals surface area (Å²) in [6.45, 7) is 3.78. The van der Waals surface area contributed by atoms with E-state index in [2.05, 4.69) is 5.43 Å². The minimum atomic E-state index is -1.09. The van der Waals surface area contributed by atoms with Crippen LogP contribution in [0.15, 0.2) is 72.8 Å². The second-order valence-electron chi connectivity index (χ2n) is 8.49. The number of benzene rings is 3. The number of hydrazine groups is 1. The number of nitrogens with one attached hydrogen (secondary N) is 1. The summed E-state index contributed by atoms with van der Waals surface area (Å²) in [5, 5.41) is 1.20. The van der Waals surface area contributed by atoms with E-state index in [1.807, 2.05) is 19.9 Å². The van der Waals surface area contributed by atoms with Crippen LogP contribution in [0.4, 0.5) is 10.1 Å². The monoisotopic (exact) mass is 443 g/mol. The second kappa shape index (κ2) is 7.94. The van der Waals surface area contributed by atoms with Crippen LogP contribution in [0.5, 0.6) is 0 Å². The molecule has 3 amide bonds. The molecule has 0 saturated carbocycles. The van der Waals surface area contributed by atoms with Gasteiger partial charge in [0.05, 0.1) is 17.6 Å². The largest absolute Gasteiger partial charge is 0.274 e. The molecule has 33 heavy (non-hydrogen) atoms. The van der Waals surface area contributed by atoms with Crippen molar-refractivity contribution in [1.29, 1.82) is 0 Å². The lowest BCUT2D eigenvalue weighted by molar-refractivity contribution is -0.123. The number of carbonyl (C=O) groups is 3. The number of halogens is 1. The van der Waals surface area contributed by atoms with Crippen LogP contribution in [0.25, 0.3) is 0 Å². The normalized spacial score (nSPS) is 22.1. The van der Waals surface area contributed by atoms with E-state index in [0.29, 0.717) is 11.3 Å². The number of amides is 3. The topological polar surface area (TPSA) is 69.7 Å². The highest BCUT2D eigenvalue weighted by atomic mass is 19.1. The highest BCUT2D eigenvalue weighted by Crippen LogP contribution is 2.42. The van der Waals surface area contributed by atoms with E-state index in [9.17, 15) is 18.8 Å². The van der Waals surface area contributed by atoms with E-state index < -0.39 is 41.5 Å². The molecule has 5 rings (SSSR count). The smallest absolute Gasteiger partial charge is 0.268 e. The van der Waals surface area contributed by atoms with Crippen molar-refractivity contribution in [2.75, 3.05) is 4.90 Å².